The third-order valence-electron chi connectivity index (χ3n) is 4.43. The summed E-state index contributed by atoms with van der Waals surface area (Å²) in [6, 6.07) is 4.95. The molecule has 146 valence electrons. The Morgan fingerprint density at radius 2 is 1.78 bits per heavy atom. The van der Waals surface area contributed by atoms with Crippen LogP contribution in [0.5, 0.6) is 0 Å². The second-order valence-electron chi connectivity index (χ2n) is 6.97. The van der Waals surface area contributed by atoms with Crippen LogP contribution < -0.4 is 16.4 Å². The predicted octanol–water partition coefficient (Wildman–Crippen LogP) is 0.768. The van der Waals surface area contributed by atoms with E-state index in [2.05, 4.69) is 15.6 Å². The topological polar surface area (TPSA) is 137 Å². The molecule has 2 aromatic rings. The minimum Gasteiger partial charge on any atom is -0.480 e. The molecule has 0 fully saturated rings. The lowest BCUT2D eigenvalue weighted by molar-refractivity contribution is -0.143. The molecule has 1 heterocycles. The Kier molecular flexibility index (Phi) is 6.57. The third kappa shape index (κ3) is 5.07. The number of carboxylic acid groups (broad SMARTS) is 1. The number of benzene rings is 1. The lowest BCUT2D eigenvalue weighted by atomic mass is 10.0. The van der Waals surface area contributed by atoms with Crippen LogP contribution in [-0.2, 0) is 20.8 Å². The van der Waals surface area contributed by atoms with E-state index in [-0.39, 0.29) is 5.92 Å². The molecule has 2 amide bonds. The molecule has 27 heavy (non-hydrogen) atoms. The van der Waals surface area contributed by atoms with E-state index in [0.29, 0.717) is 6.42 Å². The number of aliphatic carboxylic acids is 1. The molecule has 1 aromatic heterocycles. The number of para-hydroxylation sites is 1. The zero-order chi connectivity index (χ0) is 20.1. The van der Waals surface area contributed by atoms with E-state index in [9.17, 15) is 14.4 Å². The van der Waals surface area contributed by atoms with Gasteiger partial charge in [0.2, 0.25) is 11.8 Å². The van der Waals surface area contributed by atoms with Gasteiger partial charge in [0.25, 0.3) is 0 Å². The van der Waals surface area contributed by atoms with Crippen LogP contribution in [-0.4, -0.2) is 46.0 Å². The first-order valence-corrected chi connectivity index (χ1v) is 8.84. The molecule has 8 heteroatoms. The maximum absolute atomic E-state index is 12.3. The van der Waals surface area contributed by atoms with Crippen molar-refractivity contribution < 1.29 is 19.5 Å². The number of nitrogens with one attached hydrogen (secondary N) is 3. The van der Waals surface area contributed by atoms with Gasteiger partial charge < -0.3 is 26.5 Å². The van der Waals surface area contributed by atoms with Crippen molar-refractivity contribution in [3.05, 3.63) is 36.0 Å². The quantitative estimate of drug-likeness (QED) is 0.465. The first-order valence-electron chi connectivity index (χ1n) is 8.84. The van der Waals surface area contributed by atoms with Gasteiger partial charge in [-0.05, 0) is 30.9 Å². The van der Waals surface area contributed by atoms with E-state index in [1.165, 1.54) is 6.92 Å². The molecule has 1 aromatic carbocycles. The van der Waals surface area contributed by atoms with Gasteiger partial charge >= 0.3 is 5.97 Å². The number of carbonyl (C=O) groups is 3. The smallest absolute Gasteiger partial charge is 0.326 e. The minimum atomic E-state index is -1.12. The van der Waals surface area contributed by atoms with Crippen LogP contribution in [0.2, 0.25) is 0 Å². The number of nitrogens with two attached hydrogens (primary N) is 1. The van der Waals surface area contributed by atoms with Gasteiger partial charge in [-0.1, -0.05) is 32.0 Å². The summed E-state index contributed by atoms with van der Waals surface area (Å²) < 4.78 is 0. The average Bonchev–Trinajstić information content (AvgIpc) is 3.01. The lowest BCUT2D eigenvalue weighted by Gasteiger charge is -2.22. The van der Waals surface area contributed by atoms with Crippen molar-refractivity contribution in [1.82, 2.24) is 15.6 Å². The highest BCUT2D eigenvalue weighted by molar-refractivity contribution is 5.92. The van der Waals surface area contributed by atoms with Crippen molar-refractivity contribution in [2.24, 2.45) is 11.7 Å². The molecular weight excluding hydrogens is 348 g/mol. The fourth-order valence-corrected chi connectivity index (χ4v) is 2.81. The van der Waals surface area contributed by atoms with Gasteiger partial charge in [-0.25, -0.2) is 4.79 Å². The number of hydrogen-bond donors (Lipinski definition) is 5. The summed E-state index contributed by atoms with van der Waals surface area (Å²) in [5, 5.41) is 15.1. The summed E-state index contributed by atoms with van der Waals surface area (Å²) in [5.41, 5.74) is 7.87. The molecule has 8 nitrogen and oxygen atoms in total. The van der Waals surface area contributed by atoms with Gasteiger partial charge in [-0.3, -0.25) is 9.59 Å². The number of amides is 2. The highest BCUT2D eigenvalue weighted by Gasteiger charge is 2.27. The average molecular weight is 374 g/mol. The zero-order valence-corrected chi connectivity index (χ0v) is 15.7. The van der Waals surface area contributed by atoms with E-state index in [1.807, 2.05) is 30.5 Å². The number of fused-ring (bicyclic) bond motifs is 1. The van der Waals surface area contributed by atoms with E-state index in [4.69, 9.17) is 10.8 Å². The van der Waals surface area contributed by atoms with Gasteiger partial charge in [0.15, 0.2) is 0 Å². The van der Waals surface area contributed by atoms with Crippen LogP contribution in [0.25, 0.3) is 10.9 Å². The monoisotopic (exact) mass is 374 g/mol. The molecule has 0 aliphatic rings. The van der Waals surface area contributed by atoms with Gasteiger partial charge in [-0.15, -0.1) is 0 Å². The Hall–Kier alpha value is -2.87. The molecule has 0 saturated heterocycles. The second kappa shape index (κ2) is 8.68. The summed E-state index contributed by atoms with van der Waals surface area (Å²) in [4.78, 5) is 38.8. The van der Waals surface area contributed by atoms with Crippen molar-refractivity contribution >= 4 is 28.7 Å². The van der Waals surface area contributed by atoms with E-state index in [1.54, 1.807) is 13.8 Å². The van der Waals surface area contributed by atoms with Crippen LogP contribution in [0, 0.1) is 5.92 Å². The predicted molar refractivity (Wildman–Crippen MR) is 102 cm³/mol. The van der Waals surface area contributed by atoms with E-state index < -0.39 is 35.9 Å². The standard InChI is InChI=1S/C19H26N4O4/c1-10(2)16(19(26)27)23-17(24)11(3)22-18(25)14(20)8-12-9-21-15-7-5-4-6-13(12)15/h4-7,9-11,14,16,21H,8,20H2,1-3H3,(H,22,25)(H,23,24)(H,26,27)/t11-,14-,16-/m0/s1. The Morgan fingerprint density at radius 1 is 1.11 bits per heavy atom. The Bertz CT molecular complexity index is 830. The highest BCUT2D eigenvalue weighted by atomic mass is 16.4. The Morgan fingerprint density at radius 3 is 2.41 bits per heavy atom. The molecule has 0 aliphatic heterocycles. The van der Waals surface area contributed by atoms with Gasteiger partial charge in [0.1, 0.15) is 12.1 Å². The normalized spacial score (nSPS) is 14.6. The number of aromatic nitrogens is 1. The molecule has 0 radical (unpaired) electrons. The van der Waals surface area contributed by atoms with Crippen LogP contribution in [0.4, 0.5) is 0 Å². The number of hydrogen-bond acceptors (Lipinski definition) is 4. The highest BCUT2D eigenvalue weighted by Crippen LogP contribution is 2.18. The summed E-state index contributed by atoms with van der Waals surface area (Å²) in [6.07, 6.45) is 2.13. The third-order valence-corrected chi connectivity index (χ3v) is 4.43. The Labute approximate surface area is 157 Å². The van der Waals surface area contributed by atoms with Crippen molar-refractivity contribution in [1.29, 1.82) is 0 Å². The van der Waals surface area contributed by atoms with Crippen LogP contribution in [0.3, 0.4) is 0 Å². The maximum atomic E-state index is 12.3. The first-order chi connectivity index (χ1) is 12.7. The molecule has 3 atom stereocenters. The van der Waals surface area contributed by atoms with Crippen LogP contribution in [0.15, 0.2) is 30.5 Å². The number of carbonyl (C=O) groups excluding carboxylic acids is 2. The SMILES string of the molecule is CC(C)[C@H](NC(=O)[C@H](C)NC(=O)[C@@H](N)Cc1c[nH]c2ccccc12)C(=O)O. The fourth-order valence-electron chi connectivity index (χ4n) is 2.81. The summed E-state index contributed by atoms with van der Waals surface area (Å²) in [7, 11) is 0. The molecule has 0 spiro atoms. The number of aromatic amines is 1. The molecule has 2 rings (SSSR count). The molecule has 0 saturated carbocycles. The van der Waals surface area contributed by atoms with Crippen molar-refractivity contribution in [3.8, 4) is 0 Å². The zero-order valence-electron chi connectivity index (χ0n) is 15.7. The van der Waals surface area contributed by atoms with Crippen molar-refractivity contribution in [2.75, 3.05) is 0 Å². The minimum absolute atomic E-state index is 0.279. The fraction of sp³-hybridized carbons (Fsp3) is 0.421. The second-order valence-corrected chi connectivity index (χ2v) is 6.97. The largest absolute Gasteiger partial charge is 0.480 e. The molecule has 0 unspecified atom stereocenters. The Balaban J connectivity index is 1.95. The van der Waals surface area contributed by atoms with Crippen LogP contribution in [0.1, 0.15) is 26.3 Å². The lowest BCUT2D eigenvalue weighted by Crippen LogP contribution is -2.54. The van der Waals surface area contributed by atoms with Gasteiger partial charge in [0.05, 0.1) is 6.04 Å². The molecule has 0 bridgehead atoms. The molecule has 0 aliphatic carbocycles. The van der Waals surface area contributed by atoms with Crippen LogP contribution >= 0.6 is 0 Å². The van der Waals surface area contributed by atoms with Gasteiger partial charge in [-0.2, -0.15) is 0 Å². The number of carboxylic acids is 1. The first kappa shape index (κ1) is 20.4. The summed E-state index contributed by atoms with van der Waals surface area (Å²) >= 11 is 0. The number of rotatable bonds is 8. The summed E-state index contributed by atoms with van der Waals surface area (Å²) in [6.45, 7) is 4.88. The van der Waals surface area contributed by atoms with E-state index >= 15 is 0 Å². The molecule has 6 N–H and O–H groups in total. The van der Waals surface area contributed by atoms with Crippen molar-refractivity contribution in [3.63, 3.8) is 0 Å². The number of H-pyrrole nitrogens is 1. The molecular formula is C19H26N4O4. The van der Waals surface area contributed by atoms with Gasteiger partial charge in [0, 0.05) is 17.1 Å². The summed E-state index contributed by atoms with van der Waals surface area (Å²) in [5.74, 6) is -2.44. The van der Waals surface area contributed by atoms with E-state index in [0.717, 1.165) is 16.5 Å². The van der Waals surface area contributed by atoms with Crippen molar-refractivity contribution in [2.45, 2.75) is 45.3 Å². The maximum Gasteiger partial charge on any atom is 0.326 e.